The zero-order valence-corrected chi connectivity index (χ0v) is 18.2. The quantitative estimate of drug-likeness (QED) is 0.189. The van der Waals surface area contributed by atoms with E-state index in [1.807, 2.05) is 24.3 Å². The fraction of sp³-hybridized carbons (Fsp3) is 0.560. The van der Waals surface area contributed by atoms with Crippen LogP contribution in [0.25, 0.3) is 0 Å². The maximum atomic E-state index is 11.8. The van der Waals surface area contributed by atoms with Gasteiger partial charge >= 0.3 is 0 Å². The van der Waals surface area contributed by atoms with Crippen molar-refractivity contribution in [3.8, 4) is 0 Å². The predicted octanol–water partition coefficient (Wildman–Crippen LogP) is 6.19. The van der Waals surface area contributed by atoms with Gasteiger partial charge in [0.1, 0.15) is 0 Å². The lowest BCUT2D eigenvalue weighted by Gasteiger charge is -2.23. The fourth-order valence-electron chi connectivity index (χ4n) is 2.51. The van der Waals surface area contributed by atoms with Gasteiger partial charge in [-0.15, -0.1) is 0 Å². The van der Waals surface area contributed by atoms with Crippen LogP contribution in [0.1, 0.15) is 78.6 Å². The van der Waals surface area contributed by atoms with Gasteiger partial charge in [-0.3, -0.25) is 4.79 Å². The van der Waals surface area contributed by atoms with Crippen molar-refractivity contribution < 1.29 is 9.90 Å². The van der Waals surface area contributed by atoms with Crippen LogP contribution in [0.5, 0.6) is 0 Å². The monoisotopic (exact) mass is 387 g/mol. The van der Waals surface area contributed by atoms with E-state index in [2.05, 4.69) is 43.5 Å². The van der Waals surface area contributed by atoms with Crippen LogP contribution >= 0.6 is 0 Å². The molecule has 0 radical (unpaired) electrons. The predicted molar refractivity (Wildman–Crippen MR) is 122 cm³/mol. The second-order valence-electron chi connectivity index (χ2n) is 7.42. The Hall–Kier alpha value is -1.87. The number of aliphatic hydroxyl groups is 1. The molecule has 0 aromatic rings. The van der Waals surface area contributed by atoms with Gasteiger partial charge in [0, 0.05) is 12.6 Å². The number of hydrogen-bond acceptors (Lipinski definition) is 2. The van der Waals surface area contributed by atoms with Crippen molar-refractivity contribution in [1.82, 2.24) is 5.32 Å². The summed E-state index contributed by atoms with van der Waals surface area (Å²) in [6.45, 7) is 6.41. The molecule has 1 atom stereocenters. The average molecular weight is 388 g/mol. The van der Waals surface area contributed by atoms with Gasteiger partial charge in [0.15, 0.2) is 0 Å². The van der Waals surface area contributed by atoms with E-state index < -0.39 is 5.60 Å². The summed E-state index contributed by atoms with van der Waals surface area (Å²) in [4.78, 5) is 11.8. The Morgan fingerprint density at radius 1 is 0.821 bits per heavy atom. The van der Waals surface area contributed by atoms with Crippen molar-refractivity contribution in [3.05, 3.63) is 60.8 Å². The largest absolute Gasteiger partial charge is 0.388 e. The minimum atomic E-state index is -0.834. The Morgan fingerprint density at radius 2 is 1.43 bits per heavy atom. The van der Waals surface area contributed by atoms with Crippen molar-refractivity contribution in [2.24, 2.45) is 0 Å². The zero-order valence-electron chi connectivity index (χ0n) is 18.2. The van der Waals surface area contributed by atoms with Gasteiger partial charge in [-0.1, -0.05) is 101 Å². The number of carbonyl (C=O) groups is 1. The molecule has 0 saturated heterocycles. The van der Waals surface area contributed by atoms with E-state index in [4.69, 9.17) is 0 Å². The van der Waals surface area contributed by atoms with Crippen LogP contribution in [-0.2, 0) is 4.79 Å². The van der Waals surface area contributed by atoms with Crippen LogP contribution in [0, 0.1) is 0 Å². The van der Waals surface area contributed by atoms with Gasteiger partial charge in [-0.05, 0) is 32.6 Å². The van der Waals surface area contributed by atoms with Crippen LogP contribution in [0.2, 0.25) is 0 Å². The van der Waals surface area contributed by atoms with E-state index in [1.165, 1.54) is 25.3 Å². The van der Waals surface area contributed by atoms with Crippen molar-refractivity contribution in [2.75, 3.05) is 6.54 Å². The average Bonchev–Trinajstić information content (AvgIpc) is 2.67. The molecule has 0 aliphatic carbocycles. The van der Waals surface area contributed by atoms with Crippen molar-refractivity contribution in [3.63, 3.8) is 0 Å². The summed E-state index contributed by atoms with van der Waals surface area (Å²) in [6.07, 6.45) is 29.2. The molecule has 0 aliphatic heterocycles. The van der Waals surface area contributed by atoms with Gasteiger partial charge in [-0.2, -0.15) is 0 Å². The highest BCUT2D eigenvalue weighted by Crippen LogP contribution is 2.14. The molecule has 0 aliphatic rings. The molecule has 28 heavy (non-hydrogen) atoms. The first-order valence-corrected chi connectivity index (χ1v) is 10.8. The molecule has 0 bridgehead atoms. The van der Waals surface area contributed by atoms with Crippen LogP contribution in [-0.4, -0.2) is 23.2 Å². The highest BCUT2D eigenvalue weighted by Gasteiger charge is 2.19. The Kier molecular flexibility index (Phi) is 17.3. The molecule has 158 valence electrons. The molecule has 3 heteroatoms. The van der Waals surface area contributed by atoms with Gasteiger partial charge < -0.3 is 10.4 Å². The summed E-state index contributed by atoms with van der Waals surface area (Å²) in [5, 5.41) is 13.1. The first-order valence-electron chi connectivity index (χ1n) is 10.8. The van der Waals surface area contributed by atoms with Crippen molar-refractivity contribution in [1.29, 1.82) is 0 Å². The highest BCUT2D eigenvalue weighted by molar-refractivity contribution is 5.87. The van der Waals surface area contributed by atoms with Crippen LogP contribution in [0.4, 0.5) is 0 Å². The normalized spacial score (nSPS) is 14.9. The first-order chi connectivity index (χ1) is 13.5. The molecular formula is C25H41NO2. The van der Waals surface area contributed by atoms with Crippen molar-refractivity contribution >= 4 is 5.91 Å². The number of allylic oxidation sites excluding steroid dienone is 9. The molecule has 0 aromatic carbocycles. The minimum Gasteiger partial charge on any atom is -0.388 e. The highest BCUT2D eigenvalue weighted by atomic mass is 16.3. The summed E-state index contributed by atoms with van der Waals surface area (Å²) in [5.41, 5.74) is -0.834. The molecule has 1 amide bonds. The molecule has 0 rings (SSSR count). The van der Waals surface area contributed by atoms with E-state index in [0.29, 0.717) is 6.42 Å². The Labute approximate surface area is 173 Å². The second-order valence-corrected chi connectivity index (χ2v) is 7.42. The summed E-state index contributed by atoms with van der Waals surface area (Å²) in [5.74, 6) is -0.167. The standard InChI is InChI=1S/C25H41NO2/c1-4-6-8-10-11-12-13-14-15-16-17-18-19-21-24(27)26-23-25(3,28)22-20-9-7-5-2/h8,10-14,17-19,21,28H,4-7,9,15-16,20,22-23H2,1-3H3,(H,26,27). The third-order valence-electron chi connectivity index (χ3n) is 4.27. The minimum absolute atomic E-state index is 0.167. The molecule has 0 heterocycles. The molecule has 1 unspecified atom stereocenters. The Bertz CT molecular complexity index is 525. The Balaban J connectivity index is 3.86. The lowest BCUT2D eigenvalue weighted by atomic mass is 9.98. The SMILES string of the molecule is CCCC=CC=CC=CCCC=CC=CC(=O)NCC(C)(O)CCCCCC. The molecule has 2 N–H and O–H groups in total. The van der Waals surface area contributed by atoms with Crippen LogP contribution < -0.4 is 5.32 Å². The maximum absolute atomic E-state index is 11.8. The summed E-state index contributed by atoms with van der Waals surface area (Å²) in [6, 6.07) is 0. The topological polar surface area (TPSA) is 49.3 Å². The third-order valence-corrected chi connectivity index (χ3v) is 4.27. The summed E-state index contributed by atoms with van der Waals surface area (Å²) in [7, 11) is 0. The lowest BCUT2D eigenvalue weighted by Crippen LogP contribution is -2.40. The number of nitrogens with one attached hydrogen (secondary N) is 1. The molecule has 0 fully saturated rings. The van der Waals surface area contributed by atoms with E-state index in [-0.39, 0.29) is 12.5 Å². The number of hydrogen-bond donors (Lipinski definition) is 2. The molecule has 0 aromatic heterocycles. The smallest absolute Gasteiger partial charge is 0.244 e. The zero-order chi connectivity index (χ0) is 20.9. The molecule has 0 saturated carbocycles. The molecular weight excluding hydrogens is 346 g/mol. The summed E-state index contributed by atoms with van der Waals surface area (Å²) >= 11 is 0. The van der Waals surface area contributed by atoms with Gasteiger partial charge in [-0.25, -0.2) is 0 Å². The van der Waals surface area contributed by atoms with Crippen LogP contribution in [0.3, 0.4) is 0 Å². The van der Waals surface area contributed by atoms with Gasteiger partial charge in [0.25, 0.3) is 0 Å². The van der Waals surface area contributed by atoms with Crippen molar-refractivity contribution in [2.45, 2.75) is 84.2 Å². The lowest BCUT2D eigenvalue weighted by molar-refractivity contribution is -0.117. The number of carbonyl (C=O) groups excluding carboxylic acids is 1. The first kappa shape index (κ1) is 26.1. The summed E-state index contributed by atoms with van der Waals surface area (Å²) < 4.78 is 0. The van der Waals surface area contributed by atoms with Crippen LogP contribution in [0.15, 0.2) is 60.8 Å². The van der Waals surface area contributed by atoms with E-state index in [1.54, 1.807) is 13.0 Å². The number of amides is 1. The van der Waals surface area contributed by atoms with E-state index in [0.717, 1.165) is 32.1 Å². The van der Waals surface area contributed by atoms with Gasteiger partial charge in [0.2, 0.25) is 5.91 Å². The second kappa shape index (κ2) is 18.5. The van der Waals surface area contributed by atoms with E-state index in [9.17, 15) is 9.90 Å². The third kappa shape index (κ3) is 18.9. The molecule has 0 spiro atoms. The van der Waals surface area contributed by atoms with Gasteiger partial charge in [0.05, 0.1) is 5.60 Å². The number of unbranched alkanes of at least 4 members (excludes halogenated alkanes) is 5. The Morgan fingerprint density at radius 3 is 2.04 bits per heavy atom. The number of rotatable bonds is 16. The fourth-order valence-corrected chi connectivity index (χ4v) is 2.51. The van der Waals surface area contributed by atoms with E-state index >= 15 is 0 Å². The maximum Gasteiger partial charge on any atom is 0.244 e. The molecule has 3 nitrogen and oxygen atoms in total.